The first-order chi connectivity index (χ1) is 8.08. The average Bonchev–Trinajstić information content (AvgIpc) is 2.69. The highest BCUT2D eigenvalue weighted by molar-refractivity contribution is 5.61. The summed E-state index contributed by atoms with van der Waals surface area (Å²) in [5.74, 6) is -0.695. The Morgan fingerprint density at radius 2 is 2.12 bits per heavy atom. The Morgan fingerprint density at radius 1 is 1.35 bits per heavy atom. The van der Waals surface area contributed by atoms with E-state index in [9.17, 15) is 13.2 Å². The van der Waals surface area contributed by atoms with Crippen molar-refractivity contribution < 1.29 is 13.2 Å². The Labute approximate surface area is 94.0 Å². The molecule has 0 bridgehead atoms. The van der Waals surface area contributed by atoms with Gasteiger partial charge < -0.3 is 5.73 Å². The third kappa shape index (κ3) is 2.35. The number of tetrazole rings is 1. The van der Waals surface area contributed by atoms with Crippen LogP contribution < -0.4 is 5.73 Å². The highest BCUT2D eigenvalue weighted by atomic mass is 19.3. The predicted octanol–water partition coefficient (Wildman–Crippen LogP) is 1.33. The van der Waals surface area contributed by atoms with E-state index in [1.54, 1.807) is 0 Å². The lowest BCUT2D eigenvalue weighted by atomic mass is 10.2. The quantitative estimate of drug-likeness (QED) is 0.825. The van der Waals surface area contributed by atoms with Crippen LogP contribution in [0, 0.1) is 5.82 Å². The lowest BCUT2D eigenvalue weighted by Crippen LogP contribution is -2.10. The second-order valence-electron chi connectivity index (χ2n) is 3.31. The van der Waals surface area contributed by atoms with Gasteiger partial charge in [-0.1, -0.05) is 0 Å². The molecule has 17 heavy (non-hydrogen) atoms. The smallest absolute Gasteiger partial charge is 0.258 e. The van der Waals surface area contributed by atoms with E-state index in [1.807, 2.05) is 0 Å². The summed E-state index contributed by atoms with van der Waals surface area (Å²) in [7, 11) is 0. The number of nitrogen functional groups attached to an aromatic ring is 1. The van der Waals surface area contributed by atoms with Crippen molar-refractivity contribution in [2.75, 3.05) is 5.73 Å². The van der Waals surface area contributed by atoms with E-state index in [-0.39, 0.29) is 11.4 Å². The molecule has 0 fully saturated rings. The van der Waals surface area contributed by atoms with Gasteiger partial charge in [0.15, 0.2) is 5.82 Å². The highest BCUT2D eigenvalue weighted by Crippen LogP contribution is 2.22. The standard InChI is InChI=1S/C9H8F3N5/c10-7-2-1-5(13)3-6(7)9-14-15-16-17(9)4-8(11)12/h1-3,8H,4,13H2. The molecule has 0 aliphatic heterocycles. The first-order valence-electron chi connectivity index (χ1n) is 4.67. The Hall–Kier alpha value is -2.12. The molecule has 0 atom stereocenters. The van der Waals surface area contributed by atoms with Gasteiger partial charge in [-0.3, -0.25) is 0 Å². The van der Waals surface area contributed by atoms with Crippen molar-refractivity contribution in [1.82, 2.24) is 20.2 Å². The molecule has 0 aliphatic carbocycles. The first kappa shape index (κ1) is 11.4. The molecule has 0 radical (unpaired) electrons. The summed E-state index contributed by atoms with van der Waals surface area (Å²) in [6, 6.07) is 3.79. The molecule has 2 rings (SSSR count). The van der Waals surface area contributed by atoms with Crippen LogP contribution in [0.2, 0.25) is 0 Å². The Bertz CT molecular complexity index is 525. The number of hydrogen-bond donors (Lipinski definition) is 1. The SMILES string of the molecule is Nc1ccc(F)c(-c2nnnn2CC(F)F)c1. The molecule has 8 heteroatoms. The maximum atomic E-state index is 13.5. The third-order valence-electron chi connectivity index (χ3n) is 2.07. The van der Waals surface area contributed by atoms with Gasteiger partial charge in [-0.15, -0.1) is 5.10 Å². The molecular formula is C9H8F3N5. The van der Waals surface area contributed by atoms with Crippen molar-refractivity contribution in [3.8, 4) is 11.4 Å². The van der Waals surface area contributed by atoms with Gasteiger partial charge in [0.2, 0.25) is 0 Å². The number of halogens is 3. The lowest BCUT2D eigenvalue weighted by molar-refractivity contribution is 0.121. The molecular weight excluding hydrogens is 235 g/mol. The van der Waals surface area contributed by atoms with Gasteiger partial charge in [0.1, 0.15) is 12.4 Å². The van der Waals surface area contributed by atoms with E-state index in [1.165, 1.54) is 12.1 Å². The molecule has 0 aliphatic rings. The van der Waals surface area contributed by atoms with Crippen molar-refractivity contribution in [3.63, 3.8) is 0 Å². The normalized spacial score (nSPS) is 11.1. The second kappa shape index (κ2) is 4.40. The zero-order valence-electron chi connectivity index (χ0n) is 8.52. The minimum Gasteiger partial charge on any atom is -0.399 e. The van der Waals surface area contributed by atoms with Crippen LogP contribution in [0.4, 0.5) is 18.9 Å². The minimum absolute atomic E-state index is 0.00403. The number of alkyl halides is 2. The minimum atomic E-state index is -2.62. The van der Waals surface area contributed by atoms with E-state index >= 15 is 0 Å². The molecule has 1 heterocycles. The fourth-order valence-corrected chi connectivity index (χ4v) is 1.37. The molecule has 0 amide bonds. The topological polar surface area (TPSA) is 69.6 Å². The highest BCUT2D eigenvalue weighted by Gasteiger charge is 2.16. The molecule has 0 saturated heterocycles. The Morgan fingerprint density at radius 3 is 2.82 bits per heavy atom. The summed E-state index contributed by atoms with van der Waals surface area (Å²) >= 11 is 0. The van der Waals surface area contributed by atoms with Crippen molar-refractivity contribution in [2.24, 2.45) is 0 Å². The van der Waals surface area contributed by atoms with Crippen LogP contribution in [0.1, 0.15) is 0 Å². The van der Waals surface area contributed by atoms with Gasteiger partial charge in [-0.2, -0.15) is 0 Å². The monoisotopic (exact) mass is 243 g/mol. The van der Waals surface area contributed by atoms with E-state index in [0.717, 1.165) is 10.7 Å². The van der Waals surface area contributed by atoms with Crippen molar-refractivity contribution in [3.05, 3.63) is 24.0 Å². The van der Waals surface area contributed by atoms with Gasteiger partial charge in [-0.05, 0) is 28.6 Å². The third-order valence-corrected chi connectivity index (χ3v) is 2.07. The molecule has 90 valence electrons. The molecule has 1 aromatic heterocycles. The van der Waals surface area contributed by atoms with Crippen LogP contribution in [0.5, 0.6) is 0 Å². The molecule has 2 N–H and O–H groups in total. The van der Waals surface area contributed by atoms with Gasteiger partial charge in [-0.25, -0.2) is 17.9 Å². The van der Waals surface area contributed by atoms with Crippen LogP contribution in [-0.4, -0.2) is 26.6 Å². The molecule has 5 nitrogen and oxygen atoms in total. The number of rotatable bonds is 3. The van der Waals surface area contributed by atoms with Crippen molar-refractivity contribution in [2.45, 2.75) is 13.0 Å². The predicted molar refractivity (Wildman–Crippen MR) is 53.6 cm³/mol. The Kier molecular flexibility index (Phi) is 2.94. The van der Waals surface area contributed by atoms with E-state index in [0.29, 0.717) is 5.69 Å². The molecule has 1 aromatic carbocycles. The van der Waals surface area contributed by atoms with Gasteiger partial charge >= 0.3 is 0 Å². The van der Waals surface area contributed by atoms with Crippen molar-refractivity contribution in [1.29, 1.82) is 0 Å². The summed E-state index contributed by atoms with van der Waals surface area (Å²) in [5.41, 5.74) is 5.79. The van der Waals surface area contributed by atoms with Crippen LogP contribution in [0.25, 0.3) is 11.4 Å². The van der Waals surface area contributed by atoms with E-state index in [4.69, 9.17) is 5.73 Å². The largest absolute Gasteiger partial charge is 0.399 e. The number of hydrogen-bond acceptors (Lipinski definition) is 4. The number of nitrogens with zero attached hydrogens (tertiary/aromatic N) is 4. The van der Waals surface area contributed by atoms with Gasteiger partial charge in [0, 0.05) is 5.69 Å². The lowest BCUT2D eigenvalue weighted by Gasteiger charge is -2.05. The van der Waals surface area contributed by atoms with E-state index in [2.05, 4.69) is 15.5 Å². The maximum absolute atomic E-state index is 13.5. The zero-order chi connectivity index (χ0) is 12.4. The number of benzene rings is 1. The Balaban J connectivity index is 2.45. The van der Waals surface area contributed by atoms with E-state index < -0.39 is 18.8 Å². The zero-order valence-corrected chi connectivity index (χ0v) is 8.52. The summed E-state index contributed by atoms with van der Waals surface area (Å²) in [6.45, 7) is -0.698. The second-order valence-corrected chi connectivity index (χ2v) is 3.31. The average molecular weight is 243 g/mol. The van der Waals surface area contributed by atoms with Crippen LogP contribution in [0.3, 0.4) is 0 Å². The summed E-state index contributed by atoms with van der Waals surface area (Å²) in [5, 5.41) is 10.1. The number of aromatic nitrogens is 4. The summed E-state index contributed by atoms with van der Waals surface area (Å²) in [6.07, 6.45) is -2.62. The maximum Gasteiger partial charge on any atom is 0.258 e. The molecule has 0 spiro atoms. The molecule has 2 aromatic rings. The number of anilines is 1. The number of nitrogens with two attached hydrogens (primary N) is 1. The van der Waals surface area contributed by atoms with Crippen LogP contribution in [0.15, 0.2) is 18.2 Å². The fraction of sp³-hybridized carbons (Fsp3) is 0.222. The van der Waals surface area contributed by atoms with Crippen LogP contribution >= 0.6 is 0 Å². The fourth-order valence-electron chi connectivity index (χ4n) is 1.37. The van der Waals surface area contributed by atoms with Gasteiger partial charge in [0.25, 0.3) is 6.43 Å². The summed E-state index contributed by atoms with van der Waals surface area (Å²) < 4.78 is 38.8. The van der Waals surface area contributed by atoms with Crippen molar-refractivity contribution >= 4 is 5.69 Å². The van der Waals surface area contributed by atoms with Gasteiger partial charge in [0.05, 0.1) is 5.56 Å². The molecule has 0 unspecified atom stereocenters. The first-order valence-corrected chi connectivity index (χ1v) is 4.67. The summed E-state index contributed by atoms with van der Waals surface area (Å²) in [4.78, 5) is 0. The van der Waals surface area contributed by atoms with Crippen LogP contribution in [-0.2, 0) is 6.54 Å². The molecule has 0 saturated carbocycles.